The molecule has 0 aliphatic heterocycles. The van der Waals surface area contributed by atoms with Gasteiger partial charge in [-0.25, -0.2) is 0 Å². The number of hydrogen-bond acceptors (Lipinski definition) is 1. The Balaban J connectivity index is 1.07. The smallest absolute Gasteiger partial charge is 0.0547 e. The normalized spacial score (nSPS) is 14.3. The monoisotopic (exact) mass is 746 g/mol. The van der Waals surface area contributed by atoms with Crippen LogP contribution in [0.25, 0.3) is 60.9 Å². The van der Waals surface area contributed by atoms with Gasteiger partial charge < -0.3 is 9.47 Å². The van der Waals surface area contributed by atoms with Gasteiger partial charge in [0.05, 0.1) is 11.0 Å². The Morgan fingerprint density at radius 1 is 0.397 bits per heavy atom. The number of fused-ring (bicyclic) bond motifs is 9. The van der Waals surface area contributed by atoms with Gasteiger partial charge in [-0.2, -0.15) is 0 Å². The van der Waals surface area contributed by atoms with E-state index in [1.807, 2.05) is 0 Å². The number of aromatic nitrogens is 1. The van der Waals surface area contributed by atoms with Gasteiger partial charge in [-0.05, 0) is 136 Å². The highest BCUT2D eigenvalue weighted by atomic mass is 15.1. The number of rotatable bonds is 5. The van der Waals surface area contributed by atoms with Crippen LogP contribution in [-0.2, 0) is 10.8 Å². The summed E-state index contributed by atoms with van der Waals surface area (Å²) >= 11 is 0. The molecule has 11 rings (SSSR count). The zero-order chi connectivity index (χ0) is 39.5. The van der Waals surface area contributed by atoms with Crippen molar-refractivity contribution in [3.63, 3.8) is 0 Å². The van der Waals surface area contributed by atoms with Gasteiger partial charge >= 0.3 is 0 Å². The van der Waals surface area contributed by atoms with Crippen molar-refractivity contribution in [1.29, 1.82) is 0 Å². The van der Waals surface area contributed by atoms with E-state index in [2.05, 4.69) is 221 Å². The van der Waals surface area contributed by atoms with Crippen LogP contribution in [0.15, 0.2) is 170 Å². The zero-order valence-electron chi connectivity index (χ0n) is 34.1. The van der Waals surface area contributed by atoms with E-state index >= 15 is 0 Å². The minimum Gasteiger partial charge on any atom is -0.310 e. The number of anilines is 3. The Morgan fingerprint density at radius 3 is 1.50 bits per heavy atom. The van der Waals surface area contributed by atoms with Crippen molar-refractivity contribution in [2.75, 3.05) is 4.90 Å². The van der Waals surface area contributed by atoms with Gasteiger partial charge in [0.2, 0.25) is 0 Å². The molecule has 0 amide bonds. The average Bonchev–Trinajstić information content (AvgIpc) is 3.78. The molecule has 280 valence electrons. The molecule has 2 heteroatoms. The van der Waals surface area contributed by atoms with E-state index < -0.39 is 0 Å². The van der Waals surface area contributed by atoms with E-state index in [1.165, 1.54) is 106 Å². The standard InChI is InChI=1S/C56H46N2/c1-35-19-22-38(23-20-35)58-53-18-12-9-15-47(53)48-27-21-37(32-54(48)58)42-28-24-39(31-36(42)2)57(40-25-29-45-43-13-7-10-16-49(43)55(3,4)51(45)33-40)41-26-30-46-44-14-8-11-17-50(44)56(5,6)52(46)34-41/h7-34H,1-6H3. The molecule has 0 atom stereocenters. The molecule has 2 aliphatic rings. The highest BCUT2D eigenvalue weighted by Crippen LogP contribution is 2.53. The summed E-state index contributed by atoms with van der Waals surface area (Å²) in [5.41, 5.74) is 22.7. The molecule has 8 aromatic carbocycles. The van der Waals surface area contributed by atoms with Crippen LogP contribution in [0.5, 0.6) is 0 Å². The van der Waals surface area contributed by atoms with Gasteiger partial charge in [-0.1, -0.05) is 142 Å². The fraction of sp³-hybridized carbons (Fsp3) is 0.143. The molecule has 1 aromatic heterocycles. The van der Waals surface area contributed by atoms with Gasteiger partial charge in [0.25, 0.3) is 0 Å². The van der Waals surface area contributed by atoms with Crippen molar-refractivity contribution >= 4 is 38.9 Å². The second-order valence-corrected chi connectivity index (χ2v) is 17.6. The van der Waals surface area contributed by atoms with Crippen LogP contribution < -0.4 is 4.90 Å². The molecule has 2 aliphatic carbocycles. The molecule has 1 heterocycles. The summed E-state index contributed by atoms with van der Waals surface area (Å²) in [5, 5.41) is 2.54. The molecule has 0 saturated carbocycles. The maximum Gasteiger partial charge on any atom is 0.0547 e. The minimum absolute atomic E-state index is 0.103. The van der Waals surface area contributed by atoms with Crippen molar-refractivity contribution in [2.24, 2.45) is 0 Å². The fourth-order valence-electron chi connectivity index (χ4n) is 10.3. The summed E-state index contributed by atoms with van der Waals surface area (Å²) in [6.45, 7) is 13.9. The Bertz CT molecular complexity index is 3030. The molecule has 9 aromatic rings. The number of nitrogens with zero attached hydrogens (tertiary/aromatic N) is 2. The second-order valence-electron chi connectivity index (χ2n) is 17.6. The van der Waals surface area contributed by atoms with E-state index in [0.29, 0.717) is 0 Å². The Hall–Kier alpha value is -6.64. The van der Waals surface area contributed by atoms with E-state index in [4.69, 9.17) is 0 Å². The minimum atomic E-state index is -0.103. The Labute approximate surface area is 341 Å². The molecule has 2 nitrogen and oxygen atoms in total. The predicted molar refractivity (Wildman–Crippen MR) is 246 cm³/mol. The van der Waals surface area contributed by atoms with Gasteiger partial charge in [0, 0.05) is 44.4 Å². The Kier molecular flexibility index (Phi) is 7.41. The maximum absolute atomic E-state index is 2.48. The highest BCUT2D eigenvalue weighted by Gasteiger charge is 2.37. The summed E-state index contributed by atoms with van der Waals surface area (Å²) in [6, 6.07) is 63.8. The van der Waals surface area contributed by atoms with Crippen LogP contribution in [0.2, 0.25) is 0 Å². The fourth-order valence-corrected chi connectivity index (χ4v) is 10.3. The molecule has 0 radical (unpaired) electrons. The van der Waals surface area contributed by atoms with Gasteiger partial charge in [-0.15, -0.1) is 0 Å². The highest BCUT2D eigenvalue weighted by molar-refractivity contribution is 6.10. The molecule has 0 spiro atoms. The van der Waals surface area contributed by atoms with Crippen molar-refractivity contribution in [1.82, 2.24) is 4.57 Å². The maximum atomic E-state index is 2.48. The molecule has 58 heavy (non-hydrogen) atoms. The molecule has 0 unspecified atom stereocenters. The lowest BCUT2D eigenvalue weighted by atomic mass is 9.82. The summed E-state index contributed by atoms with van der Waals surface area (Å²) in [5.74, 6) is 0. The molecule has 0 bridgehead atoms. The van der Waals surface area contributed by atoms with Crippen LogP contribution in [0.1, 0.15) is 61.1 Å². The first kappa shape index (κ1) is 34.6. The average molecular weight is 747 g/mol. The molecule has 0 fully saturated rings. The Morgan fingerprint density at radius 2 is 0.897 bits per heavy atom. The summed E-state index contributed by atoms with van der Waals surface area (Å²) < 4.78 is 2.42. The van der Waals surface area contributed by atoms with Gasteiger partial charge in [-0.3, -0.25) is 0 Å². The lowest BCUT2D eigenvalue weighted by Gasteiger charge is -2.30. The van der Waals surface area contributed by atoms with Crippen LogP contribution in [0, 0.1) is 13.8 Å². The molecular formula is C56H46N2. The lowest BCUT2D eigenvalue weighted by Crippen LogP contribution is -2.18. The van der Waals surface area contributed by atoms with Crippen LogP contribution >= 0.6 is 0 Å². The number of benzene rings is 8. The first-order valence-corrected chi connectivity index (χ1v) is 20.6. The summed E-state index contributed by atoms with van der Waals surface area (Å²) in [6.07, 6.45) is 0. The predicted octanol–water partition coefficient (Wildman–Crippen LogP) is 15.1. The van der Waals surface area contributed by atoms with Crippen molar-refractivity contribution < 1.29 is 0 Å². The first-order chi connectivity index (χ1) is 28.1. The quantitative estimate of drug-likeness (QED) is 0.170. The number of aryl methyl sites for hydroxylation is 2. The summed E-state index contributed by atoms with van der Waals surface area (Å²) in [4.78, 5) is 2.48. The van der Waals surface area contributed by atoms with Crippen molar-refractivity contribution in [3.8, 4) is 39.1 Å². The van der Waals surface area contributed by atoms with Crippen molar-refractivity contribution in [3.05, 3.63) is 203 Å². The van der Waals surface area contributed by atoms with Crippen LogP contribution in [-0.4, -0.2) is 4.57 Å². The second kappa shape index (κ2) is 12.4. The van der Waals surface area contributed by atoms with Crippen LogP contribution in [0.3, 0.4) is 0 Å². The van der Waals surface area contributed by atoms with E-state index in [0.717, 1.165) is 5.69 Å². The SMILES string of the molecule is Cc1ccc(-n2c3ccccc3c3ccc(-c4ccc(N(c5ccc6c(c5)C(C)(C)c5ccccc5-6)c5ccc6c(c5)C(C)(C)c5ccccc5-6)cc4C)cc32)cc1. The third-order valence-electron chi connectivity index (χ3n) is 13.4. The van der Waals surface area contributed by atoms with Crippen LogP contribution in [0.4, 0.5) is 17.1 Å². The first-order valence-electron chi connectivity index (χ1n) is 20.6. The lowest BCUT2D eigenvalue weighted by molar-refractivity contribution is 0.660. The number of para-hydroxylation sites is 1. The van der Waals surface area contributed by atoms with Crippen molar-refractivity contribution in [2.45, 2.75) is 52.4 Å². The largest absolute Gasteiger partial charge is 0.310 e. The van der Waals surface area contributed by atoms with E-state index in [-0.39, 0.29) is 10.8 Å². The molecular weight excluding hydrogens is 701 g/mol. The zero-order valence-corrected chi connectivity index (χ0v) is 34.1. The molecule has 0 saturated heterocycles. The number of hydrogen-bond donors (Lipinski definition) is 0. The van der Waals surface area contributed by atoms with Gasteiger partial charge in [0.15, 0.2) is 0 Å². The van der Waals surface area contributed by atoms with E-state index in [9.17, 15) is 0 Å². The van der Waals surface area contributed by atoms with E-state index in [1.54, 1.807) is 0 Å². The third kappa shape index (κ3) is 4.97. The topological polar surface area (TPSA) is 8.17 Å². The third-order valence-corrected chi connectivity index (χ3v) is 13.4. The summed E-state index contributed by atoms with van der Waals surface area (Å²) in [7, 11) is 0. The molecule has 0 N–H and O–H groups in total. The van der Waals surface area contributed by atoms with Gasteiger partial charge in [0.1, 0.15) is 0 Å².